The second-order valence-corrected chi connectivity index (χ2v) is 8.35. The predicted octanol–water partition coefficient (Wildman–Crippen LogP) is 6.34. The number of thiophene rings is 1. The van der Waals surface area contributed by atoms with Crippen molar-refractivity contribution in [1.29, 1.82) is 5.26 Å². The molecule has 3 aromatic rings. The van der Waals surface area contributed by atoms with Crippen molar-refractivity contribution in [3.63, 3.8) is 0 Å². The van der Waals surface area contributed by atoms with Crippen LogP contribution in [0.4, 0.5) is 18.9 Å². The van der Waals surface area contributed by atoms with Crippen LogP contribution in [0.1, 0.15) is 32.4 Å². The van der Waals surface area contributed by atoms with Crippen molar-refractivity contribution < 1.29 is 22.7 Å². The van der Waals surface area contributed by atoms with Crippen LogP contribution >= 0.6 is 22.9 Å². The fourth-order valence-corrected chi connectivity index (χ4v) is 4.52. The predicted molar refractivity (Wildman–Crippen MR) is 112 cm³/mol. The van der Waals surface area contributed by atoms with Crippen LogP contribution in [0.15, 0.2) is 53.9 Å². The second-order valence-electron chi connectivity index (χ2n) is 6.93. The third-order valence-electron chi connectivity index (χ3n) is 4.98. The molecule has 0 fully saturated rings. The van der Waals surface area contributed by atoms with Crippen LogP contribution in [0.3, 0.4) is 0 Å². The van der Waals surface area contributed by atoms with Crippen molar-refractivity contribution in [1.82, 2.24) is 0 Å². The monoisotopic (exact) mass is 462 g/mol. The molecule has 2 aromatic carbocycles. The average Bonchev–Trinajstić information content (AvgIpc) is 3.27. The third kappa shape index (κ3) is 4.24. The Bertz CT molecular complexity index is 1170. The second kappa shape index (κ2) is 8.25. The summed E-state index contributed by atoms with van der Waals surface area (Å²) in [5.41, 5.74) is -1.02. The normalized spacial score (nSPS) is 16.7. The number of carbonyl (C=O) groups is 1. The molecule has 1 aliphatic rings. The van der Waals surface area contributed by atoms with Gasteiger partial charge in [-0.1, -0.05) is 17.7 Å². The molecular formula is C22H14ClF3N2O2S. The summed E-state index contributed by atoms with van der Waals surface area (Å²) in [5, 5.41) is 14.3. The van der Waals surface area contributed by atoms with E-state index in [0.717, 1.165) is 17.0 Å². The number of ketones is 1. The van der Waals surface area contributed by atoms with Gasteiger partial charge in [0.25, 0.3) is 0 Å². The SMILES string of the molecule is N#Cc1ccc(N[C@H](c2cccs2)[C@H]2COc3ccc(Cl)cc3C2=O)cc1C(F)(F)F. The van der Waals surface area contributed by atoms with Crippen molar-refractivity contribution in [3.8, 4) is 11.8 Å². The number of fused-ring (bicyclic) bond motifs is 1. The number of hydrogen-bond acceptors (Lipinski definition) is 5. The van der Waals surface area contributed by atoms with Crippen molar-refractivity contribution in [2.45, 2.75) is 12.2 Å². The topological polar surface area (TPSA) is 62.1 Å². The van der Waals surface area contributed by atoms with Gasteiger partial charge in [-0.25, -0.2) is 0 Å². The van der Waals surface area contributed by atoms with E-state index >= 15 is 0 Å². The molecule has 1 N–H and O–H groups in total. The number of hydrogen-bond donors (Lipinski definition) is 1. The minimum atomic E-state index is -4.68. The Balaban J connectivity index is 1.72. The highest BCUT2D eigenvalue weighted by Crippen LogP contribution is 2.39. The molecule has 31 heavy (non-hydrogen) atoms. The maximum atomic E-state index is 13.4. The fourth-order valence-electron chi connectivity index (χ4n) is 3.51. The number of carbonyl (C=O) groups excluding carboxylic acids is 1. The summed E-state index contributed by atoms with van der Waals surface area (Å²) in [4.78, 5) is 14.0. The lowest BCUT2D eigenvalue weighted by molar-refractivity contribution is -0.137. The molecule has 4 rings (SSSR count). The van der Waals surface area contributed by atoms with Crippen LogP contribution in [0.5, 0.6) is 5.75 Å². The van der Waals surface area contributed by atoms with Gasteiger partial charge in [-0.2, -0.15) is 18.4 Å². The molecule has 9 heteroatoms. The maximum absolute atomic E-state index is 13.4. The van der Waals surface area contributed by atoms with E-state index in [1.807, 2.05) is 5.38 Å². The lowest BCUT2D eigenvalue weighted by atomic mass is 9.88. The molecule has 4 nitrogen and oxygen atoms in total. The van der Waals surface area contributed by atoms with Crippen LogP contribution < -0.4 is 10.1 Å². The summed E-state index contributed by atoms with van der Waals surface area (Å²) in [6.07, 6.45) is -4.68. The Morgan fingerprint density at radius 2 is 2.03 bits per heavy atom. The molecule has 0 bridgehead atoms. The van der Waals surface area contributed by atoms with Gasteiger partial charge in [0.05, 0.1) is 34.7 Å². The number of anilines is 1. The summed E-state index contributed by atoms with van der Waals surface area (Å²) in [5.74, 6) is -0.470. The van der Waals surface area contributed by atoms with E-state index in [-0.39, 0.29) is 18.1 Å². The van der Waals surface area contributed by atoms with Crippen molar-refractivity contribution in [2.75, 3.05) is 11.9 Å². The van der Waals surface area contributed by atoms with Gasteiger partial charge in [-0.15, -0.1) is 11.3 Å². The molecule has 0 unspecified atom stereocenters. The van der Waals surface area contributed by atoms with Gasteiger partial charge in [0.2, 0.25) is 0 Å². The lowest BCUT2D eigenvalue weighted by Gasteiger charge is -2.31. The molecule has 1 aromatic heterocycles. The number of nitrogens with zero attached hydrogens (tertiary/aromatic N) is 1. The van der Waals surface area contributed by atoms with Crippen molar-refractivity contribution in [3.05, 3.63) is 80.5 Å². The lowest BCUT2D eigenvalue weighted by Crippen LogP contribution is -2.35. The first-order chi connectivity index (χ1) is 14.8. The van der Waals surface area contributed by atoms with Crippen LogP contribution in [-0.2, 0) is 6.18 Å². The smallest absolute Gasteiger partial charge is 0.417 e. The highest BCUT2D eigenvalue weighted by atomic mass is 35.5. The van der Waals surface area contributed by atoms with Crippen LogP contribution in [-0.4, -0.2) is 12.4 Å². The van der Waals surface area contributed by atoms with Gasteiger partial charge in [-0.05, 0) is 47.8 Å². The molecule has 0 saturated carbocycles. The zero-order chi connectivity index (χ0) is 22.2. The Morgan fingerprint density at radius 3 is 2.71 bits per heavy atom. The van der Waals surface area contributed by atoms with Gasteiger partial charge >= 0.3 is 6.18 Å². The highest BCUT2D eigenvalue weighted by Gasteiger charge is 2.38. The third-order valence-corrected chi connectivity index (χ3v) is 6.17. The number of nitrogens with one attached hydrogen (secondary N) is 1. The molecule has 0 radical (unpaired) electrons. The number of alkyl halides is 3. The molecule has 0 amide bonds. The van der Waals surface area contributed by atoms with Crippen LogP contribution in [0.2, 0.25) is 5.02 Å². The molecule has 158 valence electrons. The minimum absolute atomic E-state index is 0.0610. The van der Waals surface area contributed by atoms with E-state index in [9.17, 15) is 18.0 Å². The standard InChI is InChI=1S/C22H14ClF3N2O2S/c23-13-4-6-18-15(8-13)21(29)16(11-30-18)20(19-2-1-7-31-19)28-14-5-3-12(10-27)17(9-14)22(24,25)26/h1-9,16,20,28H,11H2/t16-,20+/m1/s1. The first-order valence-electron chi connectivity index (χ1n) is 9.16. The van der Waals surface area contributed by atoms with Gasteiger partial charge in [0.15, 0.2) is 5.78 Å². The number of benzene rings is 2. The number of halogens is 4. The van der Waals surface area contributed by atoms with E-state index in [0.29, 0.717) is 16.3 Å². The zero-order valence-corrected chi connectivity index (χ0v) is 17.3. The number of Topliss-reactive ketones (excluding diaryl/α,β-unsaturated/α-hetero) is 1. The van der Waals surface area contributed by atoms with E-state index < -0.39 is 29.3 Å². The summed E-state index contributed by atoms with van der Waals surface area (Å²) in [7, 11) is 0. The van der Waals surface area contributed by atoms with E-state index in [1.165, 1.54) is 23.5 Å². The Hall–Kier alpha value is -3.02. The van der Waals surface area contributed by atoms with Gasteiger partial charge in [0, 0.05) is 15.6 Å². The molecule has 2 heterocycles. The van der Waals surface area contributed by atoms with Gasteiger partial charge in [-0.3, -0.25) is 4.79 Å². The first-order valence-corrected chi connectivity index (χ1v) is 10.4. The summed E-state index contributed by atoms with van der Waals surface area (Å²) >= 11 is 7.41. The summed E-state index contributed by atoms with van der Waals surface area (Å²) < 4.78 is 45.9. The van der Waals surface area contributed by atoms with Crippen LogP contribution in [0.25, 0.3) is 0 Å². The van der Waals surface area contributed by atoms with Crippen LogP contribution in [0, 0.1) is 17.2 Å². The molecule has 0 saturated heterocycles. The summed E-state index contributed by atoms with van der Waals surface area (Å²) in [6.45, 7) is 0.0610. The first kappa shape index (κ1) is 21.2. The van der Waals surface area contributed by atoms with E-state index in [2.05, 4.69) is 5.32 Å². The largest absolute Gasteiger partial charge is 0.492 e. The van der Waals surface area contributed by atoms with E-state index in [4.69, 9.17) is 21.6 Å². The highest BCUT2D eigenvalue weighted by molar-refractivity contribution is 7.10. The molecular weight excluding hydrogens is 449 g/mol. The molecule has 2 atom stereocenters. The quantitative estimate of drug-likeness (QED) is 0.491. The molecule has 0 aliphatic carbocycles. The zero-order valence-electron chi connectivity index (χ0n) is 15.7. The average molecular weight is 463 g/mol. The molecule has 0 spiro atoms. The Morgan fingerprint density at radius 1 is 1.23 bits per heavy atom. The Kier molecular flexibility index (Phi) is 5.65. The van der Waals surface area contributed by atoms with Crippen molar-refractivity contribution >= 4 is 34.4 Å². The van der Waals surface area contributed by atoms with Gasteiger partial charge < -0.3 is 10.1 Å². The van der Waals surface area contributed by atoms with E-state index in [1.54, 1.807) is 30.3 Å². The number of ether oxygens (including phenoxy) is 1. The minimum Gasteiger partial charge on any atom is -0.492 e. The number of nitriles is 1. The molecule has 1 aliphatic heterocycles. The Labute approximate surface area is 184 Å². The number of rotatable bonds is 4. The fraction of sp³-hybridized carbons (Fsp3) is 0.182. The van der Waals surface area contributed by atoms with Crippen molar-refractivity contribution in [2.24, 2.45) is 5.92 Å². The van der Waals surface area contributed by atoms with Gasteiger partial charge in [0.1, 0.15) is 12.4 Å². The maximum Gasteiger partial charge on any atom is 0.417 e. The summed E-state index contributed by atoms with van der Waals surface area (Å²) in [6, 6.07) is 12.7.